The maximum Gasteiger partial charge on any atom is 0.0685 e. The van der Waals surface area contributed by atoms with Crippen LogP contribution in [0, 0.1) is 5.92 Å². The van der Waals surface area contributed by atoms with Crippen LogP contribution in [0.25, 0.3) is 0 Å². The zero-order valence-electron chi connectivity index (χ0n) is 19.6. The number of piperidine rings is 1. The van der Waals surface area contributed by atoms with Gasteiger partial charge in [0.2, 0.25) is 0 Å². The maximum atomic E-state index is 6.33. The molecule has 0 aliphatic carbocycles. The number of hydrogen-bond acceptors (Lipinski definition) is 3. The third-order valence-corrected chi connectivity index (χ3v) is 6.09. The number of nitrogens with zero attached hydrogens (tertiary/aromatic N) is 1. The van der Waals surface area contributed by atoms with E-state index in [-0.39, 0.29) is 11.1 Å². The van der Waals surface area contributed by atoms with Crippen molar-refractivity contribution in [2.45, 2.75) is 136 Å². The van der Waals surface area contributed by atoms with E-state index in [1.807, 2.05) is 0 Å². The van der Waals surface area contributed by atoms with Crippen molar-refractivity contribution in [2.24, 2.45) is 5.92 Å². The van der Waals surface area contributed by atoms with Crippen molar-refractivity contribution in [1.82, 2.24) is 5.06 Å². The van der Waals surface area contributed by atoms with Gasteiger partial charge in [0.1, 0.15) is 0 Å². The molecule has 0 radical (unpaired) electrons. The van der Waals surface area contributed by atoms with Crippen LogP contribution in [-0.4, -0.2) is 35.5 Å². The number of rotatable bonds is 14. The van der Waals surface area contributed by atoms with Crippen LogP contribution in [0.15, 0.2) is 0 Å². The molecule has 3 heteroatoms. The Kier molecular flexibility index (Phi) is 11.5. The van der Waals surface area contributed by atoms with E-state index in [1.54, 1.807) is 0 Å². The van der Waals surface area contributed by atoms with Crippen LogP contribution in [0.4, 0.5) is 0 Å². The minimum atomic E-state index is 0.0159. The van der Waals surface area contributed by atoms with Crippen LogP contribution in [0.1, 0.15) is 119 Å². The van der Waals surface area contributed by atoms with Crippen LogP contribution >= 0.6 is 0 Å². The molecule has 0 amide bonds. The minimum Gasteiger partial charge on any atom is -0.378 e. The van der Waals surface area contributed by atoms with Crippen molar-refractivity contribution in [1.29, 1.82) is 0 Å². The van der Waals surface area contributed by atoms with E-state index in [1.165, 1.54) is 57.8 Å². The summed E-state index contributed by atoms with van der Waals surface area (Å²) < 4.78 is 6.27. The van der Waals surface area contributed by atoms with Crippen molar-refractivity contribution >= 4 is 0 Å². The van der Waals surface area contributed by atoms with Crippen LogP contribution in [0.3, 0.4) is 0 Å². The fourth-order valence-electron chi connectivity index (χ4n) is 4.45. The quantitative estimate of drug-likeness (QED) is 0.297. The summed E-state index contributed by atoms with van der Waals surface area (Å²) >= 11 is 0. The Labute approximate surface area is 170 Å². The Balaban J connectivity index is 2.34. The molecule has 1 unspecified atom stereocenters. The van der Waals surface area contributed by atoms with E-state index in [0.29, 0.717) is 12.0 Å². The largest absolute Gasteiger partial charge is 0.378 e. The van der Waals surface area contributed by atoms with Gasteiger partial charge in [-0.25, -0.2) is 0 Å². The van der Waals surface area contributed by atoms with Gasteiger partial charge >= 0.3 is 0 Å². The van der Waals surface area contributed by atoms with Gasteiger partial charge in [0.25, 0.3) is 0 Å². The Morgan fingerprint density at radius 2 is 1.37 bits per heavy atom. The second-order valence-electron chi connectivity index (χ2n) is 10.1. The van der Waals surface area contributed by atoms with Gasteiger partial charge in [0.15, 0.2) is 0 Å². The molecule has 0 aromatic carbocycles. The van der Waals surface area contributed by atoms with Crippen molar-refractivity contribution in [3.63, 3.8) is 0 Å². The fourth-order valence-corrected chi connectivity index (χ4v) is 4.45. The molecular weight excluding hydrogens is 334 g/mol. The highest BCUT2D eigenvalue weighted by Crippen LogP contribution is 2.40. The molecule has 1 saturated heterocycles. The molecule has 27 heavy (non-hydrogen) atoms. The summed E-state index contributed by atoms with van der Waals surface area (Å²) in [7, 11) is 0. The summed E-state index contributed by atoms with van der Waals surface area (Å²) in [6.07, 6.45) is 14.4. The van der Waals surface area contributed by atoms with Crippen LogP contribution in [0.2, 0.25) is 0 Å². The van der Waals surface area contributed by atoms with Crippen molar-refractivity contribution < 1.29 is 9.57 Å². The van der Waals surface area contributed by atoms with E-state index in [0.717, 1.165) is 26.1 Å². The third kappa shape index (κ3) is 9.28. The Morgan fingerprint density at radius 3 is 1.89 bits per heavy atom. The van der Waals surface area contributed by atoms with Crippen molar-refractivity contribution in [3.05, 3.63) is 0 Å². The van der Waals surface area contributed by atoms with Gasteiger partial charge in [-0.15, -0.1) is 0 Å². The van der Waals surface area contributed by atoms with Gasteiger partial charge < -0.3 is 4.74 Å². The minimum absolute atomic E-state index is 0.0159. The molecule has 1 atom stereocenters. The topological polar surface area (TPSA) is 21.7 Å². The number of hydroxylamine groups is 2. The molecule has 1 fully saturated rings. The Hall–Kier alpha value is -0.120. The Bertz CT molecular complexity index is 363. The summed E-state index contributed by atoms with van der Waals surface area (Å²) in [6.45, 7) is 17.8. The summed E-state index contributed by atoms with van der Waals surface area (Å²) in [5, 5.41) is 2.28. The molecular formula is C24H49NO2. The standard InChI is InChI=1S/C24H49NO2/c1-8-10-11-12-13-14-15-16-17-27-25-23(4,5)18-22(19-24(25,6)7)26-20-21(3)9-2/h21-22H,8-20H2,1-7H3. The predicted octanol–water partition coefficient (Wildman–Crippen LogP) is 7.14. The van der Waals surface area contributed by atoms with E-state index < -0.39 is 0 Å². The van der Waals surface area contributed by atoms with E-state index in [4.69, 9.17) is 9.57 Å². The van der Waals surface area contributed by atoms with Crippen LogP contribution < -0.4 is 0 Å². The molecule has 1 aliphatic heterocycles. The molecule has 0 aromatic rings. The second-order valence-corrected chi connectivity index (χ2v) is 10.1. The third-order valence-electron chi connectivity index (χ3n) is 6.09. The lowest BCUT2D eigenvalue weighted by Crippen LogP contribution is -2.62. The molecule has 1 rings (SSSR count). The van der Waals surface area contributed by atoms with Crippen LogP contribution in [-0.2, 0) is 9.57 Å². The van der Waals surface area contributed by atoms with Gasteiger partial charge in [-0.1, -0.05) is 72.1 Å². The molecule has 0 N–H and O–H groups in total. The van der Waals surface area contributed by atoms with Gasteiger partial charge in [-0.2, -0.15) is 5.06 Å². The summed E-state index contributed by atoms with van der Waals surface area (Å²) in [5.41, 5.74) is 0.0318. The summed E-state index contributed by atoms with van der Waals surface area (Å²) in [6, 6.07) is 0. The van der Waals surface area contributed by atoms with Gasteiger partial charge in [-0.05, 0) is 52.9 Å². The lowest BCUT2D eigenvalue weighted by molar-refractivity contribution is -0.295. The number of ether oxygens (including phenoxy) is 1. The predicted molar refractivity (Wildman–Crippen MR) is 117 cm³/mol. The van der Waals surface area contributed by atoms with Crippen LogP contribution in [0.5, 0.6) is 0 Å². The lowest BCUT2D eigenvalue weighted by atomic mass is 9.80. The molecule has 3 nitrogen and oxygen atoms in total. The molecule has 162 valence electrons. The van der Waals surface area contributed by atoms with E-state index in [9.17, 15) is 0 Å². The van der Waals surface area contributed by atoms with Crippen molar-refractivity contribution in [2.75, 3.05) is 13.2 Å². The zero-order valence-corrected chi connectivity index (χ0v) is 19.6. The summed E-state index contributed by atoms with van der Waals surface area (Å²) in [4.78, 5) is 6.33. The lowest BCUT2D eigenvalue weighted by Gasteiger charge is -2.53. The normalized spacial score (nSPS) is 21.4. The SMILES string of the molecule is CCCCCCCCCCON1C(C)(C)CC(OCC(C)CC)CC1(C)C. The summed E-state index contributed by atoms with van der Waals surface area (Å²) in [5.74, 6) is 0.646. The molecule has 1 aliphatic rings. The van der Waals surface area contributed by atoms with Gasteiger partial charge in [0.05, 0.1) is 12.7 Å². The fraction of sp³-hybridized carbons (Fsp3) is 1.00. The smallest absolute Gasteiger partial charge is 0.0685 e. The monoisotopic (exact) mass is 383 g/mol. The molecule has 0 aromatic heterocycles. The van der Waals surface area contributed by atoms with E-state index in [2.05, 4.69) is 53.5 Å². The first-order chi connectivity index (χ1) is 12.7. The highest BCUT2D eigenvalue weighted by molar-refractivity contribution is 4.97. The zero-order chi connectivity index (χ0) is 20.3. The number of unbranched alkanes of at least 4 members (excludes halogenated alkanes) is 7. The first-order valence-electron chi connectivity index (χ1n) is 11.8. The average molecular weight is 384 g/mol. The first-order valence-corrected chi connectivity index (χ1v) is 11.8. The van der Waals surface area contributed by atoms with Crippen molar-refractivity contribution in [3.8, 4) is 0 Å². The Morgan fingerprint density at radius 1 is 0.852 bits per heavy atom. The molecule has 0 spiro atoms. The average Bonchev–Trinajstić information content (AvgIpc) is 2.59. The first kappa shape index (κ1) is 24.9. The highest BCUT2D eigenvalue weighted by Gasteiger charge is 2.46. The number of hydrogen-bond donors (Lipinski definition) is 0. The molecule has 0 saturated carbocycles. The highest BCUT2D eigenvalue weighted by atomic mass is 16.7. The van der Waals surface area contributed by atoms with E-state index >= 15 is 0 Å². The molecule has 0 bridgehead atoms. The van der Waals surface area contributed by atoms with Gasteiger partial charge in [-0.3, -0.25) is 4.84 Å². The molecule has 1 heterocycles. The second kappa shape index (κ2) is 12.4. The van der Waals surface area contributed by atoms with Gasteiger partial charge in [0, 0.05) is 17.7 Å². The maximum absolute atomic E-state index is 6.33.